The Morgan fingerprint density at radius 2 is 1.86 bits per heavy atom. The van der Waals surface area contributed by atoms with Gasteiger partial charge >= 0.3 is 0 Å². The Balaban J connectivity index is 1.40. The number of carbonyl (C=O) groups excluding carboxylic acids is 2. The van der Waals surface area contributed by atoms with Gasteiger partial charge in [0.15, 0.2) is 0 Å². The minimum Gasteiger partial charge on any atom is -0.329 e. The zero-order valence-electron chi connectivity index (χ0n) is 19.8. The Morgan fingerprint density at radius 1 is 1.03 bits per heavy atom. The molecule has 0 bridgehead atoms. The van der Waals surface area contributed by atoms with Gasteiger partial charge in [-0.05, 0) is 56.0 Å². The topological polar surface area (TPSA) is 92.5 Å². The van der Waals surface area contributed by atoms with Crippen LogP contribution in [0.3, 0.4) is 0 Å². The zero-order valence-corrected chi connectivity index (χ0v) is 19.8. The Kier molecular flexibility index (Phi) is 5.56. The van der Waals surface area contributed by atoms with Gasteiger partial charge in [-0.2, -0.15) is 0 Å². The van der Waals surface area contributed by atoms with Crippen LogP contribution in [-0.4, -0.2) is 42.6 Å². The third-order valence-electron chi connectivity index (χ3n) is 6.91. The van der Waals surface area contributed by atoms with E-state index in [2.05, 4.69) is 21.3 Å². The molecule has 2 aliphatic rings. The lowest BCUT2D eigenvalue weighted by atomic mass is 10.1. The predicted octanol–water partition coefficient (Wildman–Crippen LogP) is 4.77. The molecule has 1 saturated heterocycles. The van der Waals surface area contributed by atoms with Crippen LogP contribution < -0.4 is 5.32 Å². The van der Waals surface area contributed by atoms with Gasteiger partial charge in [0, 0.05) is 42.2 Å². The molecule has 0 radical (unpaired) electrons. The fourth-order valence-electron chi connectivity index (χ4n) is 5.00. The van der Waals surface area contributed by atoms with E-state index in [0.29, 0.717) is 23.8 Å². The van der Waals surface area contributed by atoms with Gasteiger partial charge in [0.25, 0.3) is 5.91 Å². The Bertz CT molecular complexity index is 1460. The van der Waals surface area contributed by atoms with Crippen LogP contribution in [-0.2, 0) is 4.79 Å². The number of likely N-dealkylation sites (tertiary alicyclic amines) is 1. The SMILES string of the molecule is C=CC(=O)N1CCCC1c1nc(-c2ccc(C(=O)Nc3ccccn3)cc2)c2c(C3CC3)nccn12. The highest BCUT2D eigenvalue weighted by atomic mass is 16.2. The van der Waals surface area contributed by atoms with Crippen molar-refractivity contribution in [3.8, 4) is 11.3 Å². The maximum Gasteiger partial charge on any atom is 0.256 e. The van der Waals surface area contributed by atoms with E-state index in [4.69, 9.17) is 9.97 Å². The standard InChI is InChI=1S/C28H26N6O2/c1-2-23(35)33-16-5-6-21(33)27-32-25(26-24(18-8-9-18)30-15-17-34(26)27)19-10-12-20(13-11-19)28(36)31-22-7-3-4-14-29-22/h2-4,7,10-15,17-18,21H,1,5-6,8-9,16H2,(H,29,31,36). The van der Waals surface area contributed by atoms with Crippen molar-refractivity contribution >= 4 is 23.1 Å². The van der Waals surface area contributed by atoms with Crippen LogP contribution in [0.5, 0.6) is 0 Å². The van der Waals surface area contributed by atoms with Crippen molar-refractivity contribution in [1.29, 1.82) is 0 Å². The van der Waals surface area contributed by atoms with Gasteiger partial charge < -0.3 is 10.2 Å². The van der Waals surface area contributed by atoms with Gasteiger partial charge in [-0.1, -0.05) is 24.8 Å². The molecular formula is C28H26N6O2. The van der Waals surface area contributed by atoms with Crippen molar-refractivity contribution in [3.05, 3.63) is 90.8 Å². The molecule has 2 amide bonds. The highest BCUT2D eigenvalue weighted by molar-refractivity contribution is 6.04. The molecule has 1 aliphatic heterocycles. The van der Waals surface area contributed by atoms with Crippen molar-refractivity contribution in [2.75, 3.05) is 11.9 Å². The number of aromatic nitrogens is 4. The fourth-order valence-corrected chi connectivity index (χ4v) is 5.00. The predicted molar refractivity (Wildman–Crippen MR) is 136 cm³/mol. The van der Waals surface area contributed by atoms with Gasteiger partial charge in [0.1, 0.15) is 11.6 Å². The number of fused-ring (bicyclic) bond motifs is 1. The first-order valence-electron chi connectivity index (χ1n) is 12.3. The average molecular weight is 479 g/mol. The molecular weight excluding hydrogens is 452 g/mol. The molecule has 1 aliphatic carbocycles. The summed E-state index contributed by atoms with van der Waals surface area (Å²) in [4.78, 5) is 41.1. The molecule has 1 aromatic carbocycles. The second kappa shape index (κ2) is 9.03. The number of carbonyl (C=O) groups is 2. The third kappa shape index (κ3) is 3.94. The van der Waals surface area contributed by atoms with Crippen LogP contribution >= 0.6 is 0 Å². The first-order chi connectivity index (χ1) is 17.6. The molecule has 1 saturated carbocycles. The molecule has 1 atom stereocenters. The number of nitrogens with one attached hydrogen (secondary N) is 1. The van der Waals surface area contributed by atoms with Crippen LogP contribution in [0.4, 0.5) is 5.82 Å². The second-order valence-corrected chi connectivity index (χ2v) is 9.26. The molecule has 36 heavy (non-hydrogen) atoms. The highest BCUT2D eigenvalue weighted by Gasteiger charge is 2.35. The van der Waals surface area contributed by atoms with Crippen LogP contribution in [0.2, 0.25) is 0 Å². The number of imidazole rings is 1. The van der Waals surface area contributed by atoms with E-state index < -0.39 is 0 Å². The van der Waals surface area contributed by atoms with Crippen molar-refractivity contribution in [3.63, 3.8) is 0 Å². The molecule has 8 nitrogen and oxygen atoms in total. The molecule has 6 rings (SSSR count). The molecule has 4 heterocycles. The van der Waals surface area contributed by atoms with Crippen LogP contribution in [0.25, 0.3) is 16.8 Å². The number of anilines is 1. The average Bonchev–Trinajstić information content (AvgIpc) is 3.52. The number of amides is 2. The third-order valence-corrected chi connectivity index (χ3v) is 6.91. The number of pyridine rings is 1. The number of rotatable bonds is 6. The number of hydrogen-bond donors (Lipinski definition) is 1. The summed E-state index contributed by atoms with van der Waals surface area (Å²) in [7, 11) is 0. The van der Waals surface area contributed by atoms with E-state index in [1.54, 1.807) is 30.5 Å². The minimum atomic E-state index is -0.222. The lowest BCUT2D eigenvalue weighted by molar-refractivity contribution is -0.127. The van der Waals surface area contributed by atoms with Crippen LogP contribution in [0.1, 0.15) is 59.5 Å². The van der Waals surface area contributed by atoms with E-state index in [1.165, 1.54) is 6.08 Å². The van der Waals surface area contributed by atoms with Gasteiger partial charge in [-0.15, -0.1) is 0 Å². The first kappa shape index (κ1) is 22.2. The molecule has 0 spiro atoms. The Hall–Kier alpha value is -4.33. The summed E-state index contributed by atoms with van der Waals surface area (Å²) < 4.78 is 2.11. The lowest BCUT2D eigenvalue weighted by Crippen LogP contribution is -2.29. The van der Waals surface area contributed by atoms with E-state index in [1.807, 2.05) is 35.5 Å². The van der Waals surface area contributed by atoms with Gasteiger partial charge in [0.05, 0.1) is 22.9 Å². The van der Waals surface area contributed by atoms with Crippen molar-refractivity contribution < 1.29 is 9.59 Å². The summed E-state index contributed by atoms with van der Waals surface area (Å²) in [6.45, 7) is 4.37. The maximum absolute atomic E-state index is 12.7. The highest BCUT2D eigenvalue weighted by Crippen LogP contribution is 2.44. The number of hydrogen-bond acceptors (Lipinski definition) is 5. The molecule has 1 unspecified atom stereocenters. The summed E-state index contributed by atoms with van der Waals surface area (Å²) in [5.41, 5.74) is 4.30. The first-order valence-corrected chi connectivity index (χ1v) is 12.3. The zero-order chi connectivity index (χ0) is 24.6. The van der Waals surface area contributed by atoms with Crippen molar-refractivity contribution in [2.45, 2.75) is 37.6 Å². The molecule has 180 valence electrons. The van der Waals surface area contributed by atoms with E-state index in [9.17, 15) is 9.59 Å². The van der Waals surface area contributed by atoms with Gasteiger partial charge in [-0.3, -0.25) is 19.0 Å². The summed E-state index contributed by atoms with van der Waals surface area (Å²) >= 11 is 0. The van der Waals surface area contributed by atoms with Crippen molar-refractivity contribution in [1.82, 2.24) is 24.3 Å². The maximum atomic E-state index is 12.7. The van der Waals surface area contributed by atoms with Gasteiger partial charge in [-0.25, -0.2) is 9.97 Å². The molecule has 8 heteroatoms. The molecule has 3 aromatic heterocycles. The molecule has 1 N–H and O–H groups in total. The fraction of sp³-hybridized carbons (Fsp3) is 0.250. The number of benzene rings is 1. The van der Waals surface area contributed by atoms with Gasteiger partial charge in [0.2, 0.25) is 5.91 Å². The monoisotopic (exact) mass is 478 g/mol. The Morgan fingerprint density at radius 3 is 2.58 bits per heavy atom. The smallest absolute Gasteiger partial charge is 0.256 e. The lowest BCUT2D eigenvalue weighted by Gasteiger charge is -2.22. The summed E-state index contributed by atoms with van der Waals surface area (Å²) in [5, 5.41) is 2.82. The van der Waals surface area contributed by atoms with E-state index in [0.717, 1.165) is 54.0 Å². The summed E-state index contributed by atoms with van der Waals surface area (Å²) in [5.74, 6) is 1.48. The molecule has 2 fully saturated rings. The normalized spacial score (nSPS) is 17.3. The summed E-state index contributed by atoms with van der Waals surface area (Å²) in [6.07, 6.45) is 10.8. The largest absolute Gasteiger partial charge is 0.329 e. The van der Waals surface area contributed by atoms with Crippen molar-refractivity contribution in [2.24, 2.45) is 0 Å². The quantitative estimate of drug-likeness (QED) is 0.403. The van der Waals surface area contributed by atoms with Crippen LogP contribution in [0.15, 0.2) is 73.7 Å². The van der Waals surface area contributed by atoms with E-state index in [-0.39, 0.29) is 17.9 Å². The Labute approximate surface area is 208 Å². The second-order valence-electron chi connectivity index (χ2n) is 9.26. The minimum absolute atomic E-state index is 0.0736. The summed E-state index contributed by atoms with van der Waals surface area (Å²) in [6, 6.07) is 12.7. The van der Waals surface area contributed by atoms with Crippen LogP contribution in [0, 0.1) is 0 Å². The van der Waals surface area contributed by atoms with E-state index >= 15 is 0 Å². The molecule has 4 aromatic rings. The number of nitrogens with zero attached hydrogens (tertiary/aromatic N) is 5.